The van der Waals surface area contributed by atoms with Crippen LogP contribution in [0.4, 0.5) is 8.78 Å². The highest BCUT2D eigenvalue weighted by Gasteiger charge is 2.30. The number of hydrogen-bond donors (Lipinski definition) is 2. The van der Waals surface area contributed by atoms with E-state index in [2.05, 4.69) is 10.6 Å². The van der Waals surface area contributed by atoms with Crippen molar-refractivity contribution in [2.45, 2.75) is 44.2 Å². The van der Waals surface area contributed by atoms with Crippen LogP contribution in [0.2, 0.25) is 0 Å². The predicted octanol–water partition coefficient (Wildman–Crippen LogP) is 0.467. The van der Waals surface area contributed by atoms with Crippen molar-refractivity contribution in [1.82, 2.24) is 10.6 Å². The first-order valence-electron chi connectivity index (χ1n) is 5.34. The number of ketones is 1. The van der Waals surface area contributed by atoms with Crippen LogP contribution >= 0.6 is 0 Å². The molecule has 0 aliphatic heterocycles. The molecule has 2 N–H and O–H groups in total. The summed E-state index contributed by atoms with van der Waals surface area (Å²) in [6, 6.07) is -0.711. The zero-order valence-electron chi connectivity index (χ0n) is 9.13. The number of carbonyl (C=O) groups is 2. The smallest absolute Gasteiger partial charge is 0.289 e. The van der Waals surface area contributed by atoms with E-state index in [1.165, 1.54) is 7.05 Å². The maximum Gasteiger partial charge on any atom is 0.289 e. The number of rotatable bonds is 7. The summed E-state index contributed by atoms with van der Waals surface area (Å²) in [6.07, 6.45) is -1.07. The fourth-order valence-electron chi connectivity index (χ4n) is 1.34. The molecule has 1 rings (SSSR count). The largest absolute Gasteiger partial charge is 0.347 e. The maximum atomic E-state index is 12.0. The highest BCUT2D eigenvalue weighted by atomic mass is 19.3. The van der Waals surface area contributed by atoms with Gasteiger partial charge in [-0.3, -0.25) is 9.59 Å². The molecule has 0 bridgehead atoms. The van der Waals surface area contributed by atoms with E-state index in [9.17, 15) is 18.4 Å². The molecule has 0 radical (unpaired) electrons. The van der Waals surface area contributed by atoms with Crippen molar-refractivity contribution >= 4 is 11.7 Å². The molecule has 0 aromatic rings. The normalized spacial score (nSPS) is 17.2. The quantitative estimate of drug-likeness (QED) is 0.629. The van der Waals surface area contributed by atoms with E-state index in [1.807, 2.05) is 0 Å². The molecule has 0 saturated heterocycles. The van der Waals surface area contributed by atoms with E-state index in [4.69, 9.17) is 0 Å². The van der Waals surface area contributed by atoms with Gasteiger partial charge in [0, 0.05) is 12.5 Å². The fourth-order valence-corrected chi connectivity index (χ4v) is 1.34. The lowest BCUT2D eigenvalue weighted by Crippen LogP contribution is -2.44. The lowest BCUT2D eigenvalue weighted by Gasteiger charge is -2.14. The van der Waals surface area contributed by atoms with Gasteiger partial charge in [0.1, 0.15) is 0 Å². The second-order valence-corrected chi connectivity index (χ2v) is 3.92. The van der Waals surface area contributed by atoms with Gasteiger partial charge >= 0.3 is 0 Å². The van der Waals surface area contributed by atoms with Crippen LogP contribution in [-0.2, 0) is 9.59 Å². The van der Waals surface area contributed by atoms with Crippen molar-refractivity contribution in [3.05, 3.63) is 0 Å². The minimum Gasteiger partial charge on any atom is -0.347 e. The first-order chi connectivity index (χ1) is 7.54. The second kappa shape index (κ2) is 5.89. The topological polar surface area (TPSA) is 58.2 Å². The molecule has 92 valence electrons. The van der Waals surface area contributed by atoms with Crippen molar-refractivity contribution in [2.24, 2.45) is 0 Å². The van der Waals surface area contributed by atoms with Crippen LogP contribution in [0, 0.1) is 0 Å². The summed E-state index contributed by atoms with van der Waals surface area (Å²) in [5.74, 6) is -1.33. The molecule has 1 aliphatic rings. The molecular weight excluding hydrogens is 218 g/mol. The Morgan fingerprint density at radius 2 is 1.94 bits per heavy atom. The van der Waals surface area contributed by atoms with Gasteiger partial charge in [-0.05, 0) is 26.3 Å². The molecule has 1 saturated carbocycles. The molecule has 4 nitrogen and oxygen atoms in total. The molecule has 0 spiro atoms. The molecule has 6 heteroatoms. The van der Waals surface area contributed by atoms with Crippen LogP contribution < -0.4 is 10.6 Å². The Kier molecular flexibility index (Phi) is 4.79. The molecule has 1 aliphatic carbocycles. The summed E-state index contributed by atoms with van der Waals surface area (Å²) in [6.45, 7) is 0. The first-order valence-corrected chi connectivity index (χ1v) is 5.34. The van der Waals surface area contributed by atoms with Crippen LogP contribution in [-0.4, -0.2) is 37.2 Å². The van der Waals surface area contributed by atoms with Crippen molar-refractivity contribution in [3.8, 4) is 0 Å². The monoisotopic (exact) mass is 234 g/mol. The predicted molar refractivity (Wildman–Crippen MR) is 54.3 cm³/mol. The van der Waals surface area contributed by atoms with Crippen molar-refractivity contribution < 1.29 is 18.4 Å². The Morgan fingerprint density at radius 1 is 1.31 bits per heavy atom. The number of alkyl halides is 2. The van der Waals surface area contributed by atoms with Crippen LogP contribution in [0.15, 0.2) is 0 Å². The van der Waals surface area contributed by atoms with Crippen molar-refractivity contribution in [3.63, 3.8) is 0 Å². The van der Waals surface area contributed by atoms with Crippen LogP contribution in [0.1, 0.15) is 25.7 Å². The Labute approximate surface area is 92.8 Å². The number of amides is 1. The Morgan fingerprint density at radius 3 is 2.38 bits per heavy atom. The summed E-state index contributed by atoms with van der Waals surface area (Å²) in [5, 5.41) is 5.13. The molecule has 0 heterocycles. The van der Waals surface area contributed by atoms with Gasteiger partial charge < -0.3 is 10.6 Å². The third kappa shape index (κ3) is 4.22. The number of halogens is 2. The van der Waals surface area contributed by atoms with E-state index in [1.54, 1.807) is 0 Å². The lowest BCUT2D eigenvalue weighted by atomic mass is 10.1. The minimum absolute atomic E-state index is 0.0227. The van der Waals surface area contributed by atoms with Crippen LogP contribution in [0.25, 0.3) is 0 Å². The molecular formula is C10H16F2N2O2. The number of likely N-dealkylation sites (N-methyl/N-ethyl adjacent to an activating group) is 1. The van der Waals surface area contributed by atoms with Gasteiger partial charge in [0.25, 0.3) is 5.91 Å². The summed E-state index contributed by atoms with van der Waals surface area (Å²) in [4.78, 5) is 22.9. The van der Waals surface area contributed by atoms with Crippen LogP contribution in [0.5, 0.6) is 0 Å². The lowest BCUT2D eigenvalue weighted by molar-refractivity contribution is -0.139. The van der Waals surface area contributed by atoms with Crippen molar-refractivity contribution in [2.75, 3.05) is 7.05 Å². The average molecular weight is 234 g/mol. The first kappa shape index (κ1) is 13.0. The molecule has 1 amide bonds. The Bertz CT molecular complexity index is 268. The molecule has 1 atom stereocenters. The Hall–Kier alpha value is -1.04. The third-order valence-corrected chi connectivity index (χ3v) is 2.47. The maximum absolute atomic E-state index is 12.0. The van der Waals surface area contributed by atoms with E-state index < -0.39 is 24.2 Å². The van der Waals surface area contributed by atoms with E-state index in [-0.39, 0.29) is 18.9 Å². The highest BCUT2D eigenvalue weighted by molar-refractivity contribution is 6.38. The zero-order chi connectivity index (χ0) is 12.1. The standard InChI is InChI=1S/C10H16F2N2O2/c1-13-7(4-5-8(11)12)9(15)10(16)14-6-2-3-6/h6-8,13H,2-5H2,1H3,(H,14,16). The number of Topliss-reactive ketones (excluding diaryl/α,β-unsaturated/α-hetero) is 1. The number of nitrogens with one attached hydrogen (secondary N) is 2. The molecule has 0 aromatic heterocycles. The second-order valence-electron chi connectivity index (χ2n) is 3.92. The van der Waals surface area contributed by atoms with E-state index in [0.29, 0.717) is 0 Å². The molecule has 0 aromatic carbocycles. The summed E-state index contributed by atoms with van der Waals surface area (Å²) >= 11 is 0. The SMILES string of the molecule is CNC(CCC(F)F)C(=O)C(=O)NC1CC1. The van der Waals surface area contributed by atoms with E-state index in [0.717, 1.165) is 12.8 Å². The summed E-state index contributed by atoms with van der Waals surface area (Å²) in [5.41, 5.74) is 0. The molecule has 1 unspecified atom stereocenters. The molecule has 1 fully saturated rings. The average Bonchev–Trinajstić information content (AvgIpc) is 3.01. The number of hydrogen-bond acceptors (Lipinski definition) is 3. The molecule has 16 heavy (non-hydrogen) atoms. The van der Waals surface area contributed by atoms with Gasteiger partial charge in [0.15, 0.2) is 0 Å². The van der Waals surface area contributed by atoms with E-state index >= 15 is 0 Å². The third-order valence-electron chi connectivity index (χ3n) is 2.47. The van der Waals surface area contributed by atoms with Gasteiger partial charge in [-0.15, -0.1) is 0 Å². The van der Waals surface area contributed by atoms with Crippen LogP contribution in [0.3, 0.4) is 0 Å². The van der Waals surface area contributed by atoms with Gasteiger partial charge in [-0.25, -0.2) is 8.78 Å². The highest BCUT2D eigenvalue weighted by Crippen LogP contribution is 2.18. The fraction of sp³-hybridized carbons (Fsp3) is 0.800. The van der Waals surface area contributed by atoms with Gasteiger partial charge in [-0.1, -0.05) is 0 Å². The number of carbonyl (C=O) groups excluding carboxylic acids is 2. The Balaban J connectivity index is 2.37. The minimum atomic E-state index is -2.45. The summed E-state index contributed by atoms with van der Waals surface area (Å²) in [7, 11) is 1.48. The van der Waals surface area contributed by atoms with Gasteiger partial charge in [0.2, 0.25) is 12.2 Å². The zero-order valence-corrected chi connectivity index (χ0v) is 9.13. The van der Waals surface area contributed by atoms with Crippen molar-refractivity contribution in [1.29, 1.82) is 0 Å². The summed E-state index contributed by atoms with van der Waals surface area (Å²) < 4.78 is 24.0. The van der Waals surface area contributed by atoms with Gasteiger partial charge in [0.05, 0.1) is 6.04 Å². The van der Waals surface area contributed by atoms with Gasteiger partial charge in [-0.2, -0.15) is 0 Å².